The number of aromatic amines is 1. The number of rotatable bonds is 3. The fourth-order valence-corrected chi connectivity index (χ4v) is 3.89. The van der Waals surface area contributed by atoms with Gasteiger partial charge in [0.25, 0.3) is 0 Å². The highest BCUT2D eigenvalue weighted by Gasteiger charge is 2.23. The van der Waals surface area contributed by atoms with Crippen molar-refractivity contribution in [3.63, 3.8) is 0 Å². The molecule has 0 aliphatic carbocycles. The first kappa shape index (κ1) is 16.6. The predicted octanol–water partition coefficient (Wildman–Crippen LogP) is 4.60. The number of nitrogens with one attached hydrogen (secondary N) is 1. The molecule has 0 atom stereocenters. The van der Waals surface area contributed by atoms with Crippen molar-refractivity contribution >= 4 is 23.6 Å². The zero-order valence-electron chi connectivity index (χ0n) is 14.0. The molecule has 130 valence electrons. The molecule has 0 bridgehead atoms. The maximum Gasteiger partial charge on any atom is 0.191 e. The van der Waals surface area contributed by atoms with Gasteiger partial charge in [0.1, 0.15) is 11.6 Å². The number of ether oxygens (including phenoxy) is 1. The Morgan fingerprint density at radius 3 is 2.81 bits per heavy atom. The van der Waals surface area contributed by atoms with Gasteiger partial charge in [-0.15, -0.1) is 11.8 Å². The highest BCUT2D eigenvalue weighted by atomic mass is 32.2. The van der Waals surface area contributed by atoms with E-state index >= 15 is 0 Å². The quantitative estimate of drug-likeness (QED) is 0.689. The Balaban J connectivity index is 1.69. The lowest BCUT2D eigenvalue weighted by Crippen LogP contribution is -2.12. The molecule has 0 fully saturated rings. The topological polar surface area (TPSA) is 55.0 Å². The number of fused-ring (bicyclic) bond motifs is 1. The van der Waals surface area contributed by atoms with Gasteiger partial charge in [-0.05, 0) is 48.5 Å². The monoisotopic (exact) mass is 366 g/mol. The minimum absolute atomic E-state index is 0.139. The lowest BCUT2D eigenvalue weighted by Gasteiger charge is -2.16. The van der Waals surface area contributed by atoms with Gasteiger partial charge in [-0.3, -0.25) is 9.89 Å². The van der Waals surface area contributed by atoms with Gasteiger partial charge in [-0.2, -0.15) is 5.10 Å². The molecule has 26 heavy (non-hydrogen) atoms. The zero-order valence-corrected chi connectivity index (χ0v) is 14.8. The summed E-state index contributed by atoms with van der Waals surface area (Å²) in [5.41, 5.74) is 3.63. The molecule has 0 radical (unpaired) electrons. The van der Waals surface area contributed by atoms with E-state index in [1.54, 1.807) is 19.4 Å². The van der Waals surface area contributed by atoms with Crippen molar-refractivity contribution in [2.45, 2.75) is 4.90 Å². The molecule has 1 N–H and O–H groups in total. The van der Waals surface area contributed by atoms with E-state index in [0.717, 1.165) is 27.5 Å². The van der Waals surface area contributed by atoms with Crippen LogP contribution in [0.4, 0.5) is 4.39 Å². The molecule has 1 aliphatic heterocycles. The molecule has 0 saturated carbocycles. The van der Waals surface area contributed by atoms with E-state index in [4.69, 9.17) is 4.74 Å². The van der Waals surface area contributed by atoms with Crippen LogP contribution < -0.4 is 4.74 Å². The highest BCUT2D eigenvalue weighted by Crippen LogP contribution is 2.34. The van der Waals surface area contributed by atoms with E-state index < -0.39 is 5.82 Å². The van der Waals surface area contributed by atoms with Crippen molar-refractivity contribution in [1.82, 2.24) is 10.2 Å². The molecule has 2 heterocycles. The van der Waals surface area contributed by atoms with Crippen LogP contribution in [0, 0.1) is 5.82 Å². The minimum atomic E-state index is -0.402. The molecule has 4 nitrogen and oxygen atoms in total. The number of carbonyl (C=O) groups excluding carboxylic acids is 1. The fraction of sp³-hybridized carbons (Fsp3) is 0.100. The van der Waals surface area contributed by atoms with Crippen molar-refractivity contribution in [1.29, 1.82) is 0 Å². The number of H-pyrrole nitrogens is 1. The normalized spacial score (nSPS) is 15.2. The summed E-state index contributed by atoms with van der Waals surface area (Å²) in [4.78, 5) is 13.5. The Kier molecular flexibility index (Phi) is 4.34. The number of thioether (sulfide) groups is 1. The summed E-state index contributed by atoms with van der Waals surface area (Å²) >= 11 is 1.53. The first-order chi connectivity index (χ1) is 12.7. The summed E-state index contributed by atoms with van der Waals surface area (Å²) in [5.74, 6) is 0.775. The number of carbonyl (C=O) groups is 1. The summed E-state index contributed by atoms with van der Waals surface area (Å²) in [6.45, 7) is 0. The van der Waals surface area contributed by atoms with E-state index in [0.29, 0.717) is 16.9 Å². The lowest BCUT2D eigenvalue weighted by atomic mass is 10.00. The molecular weight excluding hydrogens is 351 g/mol. The SMILES string of the molecule is COc1ccc(-c2[nH]ncc2C=C2CSc3ccc(F)cc3C2=O)cc1. The third kappa shape index (κ3) is 3.04. The summed E-state index contributed by atoms with van der Waals surface area (Å²) in [6.07, 6.45) is 3.51. The fourth-order valence-electron chi connectivity index (χ4n) is 2.89. The highest BCUT2D eigenvalue weighted by molar-refractivity contribution is 7.99. The van der Waals surface area contributed by atoms with E-state index in [-0.39, 0.29) is 5.78 Å². The maximum absolute atomic E-state index is 13.5. The largest absolute Gasteiger partial charge is 0.497 e. The van der Waals surface area contributed by atoms with Crippen LogP contribution in [0.25, 0.3) is 17.3 Å². The van der Waals surface area contributed by atoms with E-state index in [1.807, 2.05) is 30.3 Å². The van der Waals surface area contributed by atoms with Crippen molar-refractivity contribution in [3.05, 3.63) is 71.2 Å². The van der Waals surface area contributed by atoms with Gasteiger partial charge in [-0.25, -0.2) is 4.39 Å². The first-order valence-electron chi connectivity index (χ1n) is 8.01. The third-order valence-corrected chi connectivity index (χ3v) is 5.36. The summed E-state index contributed by atoms with van der Waals surface area (Å²) in [6, 6.07) is 11.9. The van der Waals surface area contributed by atoms with Crippen molar-refractivity contribution in [2.24, 2.45) is 0 Å². The molecular formula is C20H15FN2O2S. The average Bonchev–Trinajstić information content (AvgIpc) is 3.13. The van der Waals surface area contributed by atoms with Gasteiger partial charge in [0.05, 0.1) is 19.0 Å². The number of benzene rings is 2. The van der Waals surface area contributed by atoms with E-state index in [1.165, 1.54) is 23.9 Å². The van der Waals surface area contributed by atoms with Gasteiger partial charge in [0.2, 0.25) is 0 Å². The Bertz CT molecular complexity index is 1010. The molecule has 0 saturated heterocycles. The summed E-state index contributed by atoms with van der Waals surface area (Å²) < 4.78 is 18.7. The third-order valence-electron chi connectivity index (χ3n) is 4.24. The Morgan fingerprint density at radius 1 is 1.23 bits per heavy atom. The number of hydrogen-bond acceptors (Lipinski definition) is 4. The van der Waals surface area contributed by atoms with E-state index in [9.17, 15) is 9.18 Å². The molecule has 4 rings (SSSR count). The molecule has 2 aromatic carbocycles. The number of ketones is 1. The van der Waals surface area contributed by atoms with Gasteiger partial charge < -0.3 is 4.74 Å². The van der Waals surface area contributed by atoms with E-state index in [2.05, 4.69) is 10.2 Å². The second-order valence-electron chi connectivity index (χ2n) is 5.86. The molecule has 3 aromatic rings. The second kappa shape index (κ2) is 6.80. The number of methoxy groups -OCH3 is 1. The number of nitrogens with zero attached hydrogens (tertiary/aromatic N) is 1. The van der Waals surface area contributed by atoms with Gasteiger partial charge >= 0.3 is 0 Å². The maximum atomic E-state index is 13.5. The molecule has 0 unspecified atom stereocenters. The summed E-state index contributed by atoms with van der Waals surface area (Å²) in [5, 5.41) is 7.09. The number of halogens is 1. The molecule has 1 aromatic heterocycles. The molecule has 1 aliphatic rings. The predicted molar refractivity (Wildman–Crippen MR) is 100 cm³/mol. The van der Waals surface area contributed by atoms with Crippen LogP contribution in [-0.4, -0.2) is 28.8 Å². The Hall–Kier alpha value is -2.86. The van der Waals surface area contributed by atoms with Gasteiger partial charge in [0.15, 0.2) is 5.78 Å². The average molecular weight is 366 g/mol. The van der Waals surface area contributed by atoms with Gasteiger partial charge in [-0.1, -0.05) is 0 Å². The van der Waals surface area contributed by atoms with Gasteiger partial charge in [0, 0.05) is 32.9 Å². The number of hydrogen-bond donors (Lipinski definition) is 1. The zero-order chi connectivity index (χ0) is 18.1. The van der Waals surface area contributed by atoms with Crippen LogP contribution in [0.1, 0.15) is 15.9 Å². The van der Waals surface area contributed by atoms with Crippen LogP contribution in [0.2, 0.25) is 0 Å². The summed E-state index contributed by atoms with van der Waals surface area (Å²) in [7, 11) is 1.62. The second-order valence-corrected chi connectivity index (χ2v) is 6.87. The standard InChI is InChI=1S/C20H15FN2O2S/c1-25-16-5-2-12(3-6-16)19-13(10-22-23-19)8-14-11-26-18-7-4-15(21)9-17(18)20(14)24/h2-10H,11H2,1H3,(H,22,23). The molecule has 6 heteroatoms. The number of aromatic nitrogens is 2. The smallest absolute Gasteiger partial charge is 0.191 e. The van der Waals surface area contributed by atoms with Crippen LogP contribution in [-0.2, 0) is 0 Å². The van der Waals surface area contributed by atoms with Crippen LogP contribution in [0.5, 0.6) is 5.75 Å². The van der Waals surface area contributed by atoms with Crippen LogP contribution >= 0.6 is 11.8 Å². The molecule has 0 spiro atoms. The van der Waals surface area contributed by atoms with Crippen molar-refractivity contribution in [3.8, 4) is 17.0 Å². The molecule has 0 amide bonds. The van der Waals surface area contributed by atoms with Crippen molar-refractivity contribution < 1.29 is 13.9 Å². The van der Waals surface area contributed by atoms with Crippen LogP contribution in [0.15, 0.2) is 59.1 Å². The van der Waals surface area contributed by atoms with Crippen molar-refractivity contribution in [2.75, 3.05) is 12.9 Å². The van der Waals surface area contributed by atoms with Crippen LogP contribution in [0.3, 0.4) is 0 Å². The number of Topliss-reactive ketones (excluding diaryl/α,β-unsaturated/α-hetero) is 1. The first-order valence-corrected chi connectivity index (χ1v) is 8.99. The minimum Gasteiger partial charge on any atom is -0.497 e. The Morgan fingerprint density at radius 2 is 2.04 bits per heavy atom. The Labute approximate surface area is 154 Å². The lowest BCUT2D eigenvalue weighted by molar-refractivity contribution is 0.103.